The van der Waals surface area contributed by atoms with Gasteiger partial charge in [0.15, 0.2) is 5.72 Å². The molecule has 0 aliphatic carbocycles. The summed E-state index contributed by atoms with van der Waals surface area (Å²) in [5, 5.41) is 0. The van der Waals surface area contributed by atoms with Crippen LogP contribution < -0.4 is 4.72 Å². The maximum Gasteiger partial charge on any atom is 0.307 e. The van der Waals surface area contributed by atoms with Crippen LogP contribution in [0.4, 0.5) is 0 Å². The number of benzene rings is 1. The minimum absolute atomic E-state index is 0.0160. The Morgan fingerprint density at radius 3 is 2.03 bits per heavy atom. The summed E-state index contributed by atoms with van der Waals surface area (Å²) in [6.45, 7) is 4.28. The normalized spacial score (nSPS) is 13.2. The van der Waals surface area contributed by atoms with Crippen LogP contribution in [0.15, 0.2) is 29.2 Å². The SMILES string of the molecule is CCCCCCOC(COCCCCC(=O)OC)(COCCC(=O)OC)NS(=O)(=O)c1ccc(C)cc1. The Hall–Kier alpha value is -2.05. The van der Waals surface area contributed by atoms with Crippen LogP contribution in [0.25, 0.3) is 0 Å². The van der Waals surface area contributed by atoms with E-state index in [1.54, 1.807) is 12.1 Å². The summed E-state index contributed by atoms with van der Waals surface area (Å²) in [6, 6.07) is 6.48. The Balaban J connectivity index is 3.01. The minimum Gasteiger partial charge on any atom is -0.469 e. The van der Waals surface area contributed by atoms with Crippen LogP contribution in [0.2, 0.25) is 0 Å². The van der Waals surface area contributed by atoms with Crippen LogP contribution in [0.5, 0.6) is 0 Å². The number of hydrogen-bond acceptors (Lipinski definition) is 9. The monoisotopic (exact) mass is 545 g/mol. The Morgan fingerprint density at radius 2 is 1.41 bits per heavy atom. The number of aryl methyl sites for hydroxylation is 1. The van der Waals surface area contributed by atoms with Gasteiger partial charge in [-0.2, -0.15) is 4.72 Å². The van der Waals surface area contributed by atoms with Crippen molar-refractivity contribution in [2.45, 2.75) is 75.8 Å². The molecule has 0 heterocycles. The van der Waals surface area contributed by atoms with Crippen molar-refractivity contribution in [3.05, 3.63) is 29.8 Å². The lowest BCUT2D eigenvalue weighted by Gasteiger charge is -2.34. The van der Waals surface area contributed by atoms with E-state index in [2.05, 4.69) is 21.1 Å². The molecule has 0 saturated carbocycles. The van der Waals surface area contributed by atoms with Crippen LogP contribution in [0, 0.1) is 6.92 Å². The number of carbonyl (C=O) groups excluding carboxylic acids is 2. The highest BCUT2D eigenvalue weighted by molar-refractivity contribution is 7.89. The van der Waals surface area contributed by atoms with Crippen molar-refractivity contribution in [1.29, 1.82) is 0 Å². The van der Waals surface area contributed by atoms with Crippen LogP contribution in [0.1, 0.15) is 63.9 Å². The standard InChI is InChI=1S/C26H43NO9S/c1-5-6-7-9-18-36-26(21-35-19-16-25(29)33-4,20-34-17-10-8-11-24(28)32-3)27-37(30,31)23-14-12-22(2)13-15-23/h12-15,27H,5-11,16-21H2,1-4H3. The van der Waals surface area contributed by atoms with Crippen molar-refractivity contribution in [2.24, 2.45) is 0 Å². The maximum atomic E-state index is 13.3. The molecule has 212 valence electrons. The lowest BCUT2D eigenvalue weighted by molar-refractivity contribution is -0.151. The number of methoxy groups -OCH3 is 2. The summed E-state index contributed by atoms with van der Waals surface area (Å²) in [6.07, 6.45) is 5.21. The third-order valence-electron chi connectivity index (χ3n) is 5.52. The first-order valence-electron chi connectivity index (χ1n) is 12.7. The van der Waals surface area contributed by atoms with Gasteiger partial charge >= 0.3 is 11.9 Å². The number of ether oxygens (including phenoxy) is 5. The third-order valence-corrected chi connectivity index (χ3v) is 7.06. The second kappa shape index (κ2) is 18.2. The van der Waals surface area contributed by atoms with E-state index in [1.165, 1.54) is 26.4 Å². The molecule has 0 saturated heterocycles. The summed E-state index contributed by atoms with van der Waals surface area (Å²) in [5.41, 5.74) is -0.590. The van der Waals surface area contributed by atoms with E-state index >= 15 is 0 Å². The van der Waals surface area contributed by atoms with E-state index in [9.17, 15) is 18.0 Å². The van der Waals surface area contributed by atoms with Crippen molar-refractivity contribution >= 4 is 22.0 Å². The first-order valence-corrected chi connectivity index (χ1v) is 14.2. The van der Waals surface area contributed by atoms with Crippen LogP contribution in [-0.2, 0) is 43.3 Å². The van der Waals surface area contributed by atoms with Gasteiger partial charge in [0, 0.05) is 19.6 Å². The van der Waals surface area contributed by atoms with E-state index < -0.39 is 21.7 Å². The summed E-state index contributed by atoms with van der Waals surface area (Å²) in [4.78, 5) is 22.9. The first kappa shape index (κ1) is 33.0. The predicted octanol–water partition coefficient (Wildman–Crippen LogP) is 3.51. The molecule has 0 aliphatic rings. The molecule has 37 heavy (non-hydrogen) atoms. The number of rotatable bonds is 21. The van der Waals surface area contributed by atoms with Crippen molar-refractivity contribution < 1.29 is 41.7 Å². The van der Waals surface area contributed by atoms with E-state index in [4.69, 9.17) is 14.2 Å². The summed E-state index contributed by atoms with van der Waals surface area (Å²) >= 11 is 0. The molecule has 1 aromatic carbocycles. The lowest BCUT2D eigenvalue weighted by Crippen LogP contribution is -2.57. The van der Waals surface area contributed by atoms with Crippen LogP contribution in [0.3, 0.4) is 0 Å². The molecular weight excluding hydrogens is 502 g/mol. The number of nitrogens with one attached hydrogen (secondary N) is 1. The number of hydrogen-bond donors (Lipinski definition) is 1. The average molecular weight is 546 g/mol. The molecule has 1 aromatic rings. The highest BCUT2D eigenvalue weighted by Gasteiger charge is 2.37. The van der Waals surface area contributed by atoms with Gasteiger partial charge in [-0.25, -0.2) is 8.42 Å². The van der Waals surface area contributed by atoms with E-state index in [1.807, 2.05) is 6.92 Å². The summed E-state index contributed by atoms with van der Waals surface area (Å²) < 4.78 is 56.2. The molecule has 0 amide bonds. The highest BCUT2D eigenvalue weighted by atomic mass is 32.2. The Bertz CT molecular complexity index is 890. The van der Waals surface area contributed by atoms with Gasteiger partial charge < -0.3 is 23.7 Å². The molecular formula is C26H43NO9S. The quantitative estimate of drug-likeness (QED) is 0.140. The molecule has 10 nitrogen and oxygen atoms in total. The molecule has 1 rings (SSSR count). The summed E-state index contributed by atoms with van der Waals surface area (Å²) in [7, 11) is -1.36. The predicted molar refractivity (Wildman–Crippen MR) is 138 cm³/mol. The van der Waals surface area contributed by atoms with Gasteiger partial charge in [-0.05, 0) is 38.3 Å². The molecule has 0 aliphatic heterocycles. The molecule has 0 fully saturated rings. The summed E-state index contributed by atoms with van der Waals surface area (Å²) in [5.74, 6) is -0.734. The Morgan fingerprint density at radius 1 is 0.811 bits per heavy atom. The fourth-order valence-electron chi connectivity index (χ4n) is 3.34. The first-order chi connectivity index (χ1) is 17.7. The fraction of sp³-hybridized carbons (Fsp3) is 0.692. The van der Waals surface area contributed by atoms with E-state index in [0.29, 0.717) is 19.4 Å². The second-order valence-electron chi connectivity index (χ2n) is 8.79. The van der Waals surface area contributed by atoms with Crippen LogP contribution in [-0.4, -0.2) is 73.3 Å². The fourth-order valence-corrected chi connectivity index (χ4v) is 4.62. The van der Waals surface area contributed by atoms with Gasteiger partial charge in [0.1, 0.15) is 0 Å². The van der Waals surface area contributed by atoms with E-state index in [-0.39, 0.29) is 50.1 Å². The zero-order chi connectivity index (χ0) is 27.6. The van der Waals surface area contributed by atoms with Gasteiger partial charge in [0.25, 0.3) is 0 Å². The number of unbranched alkanes of at least 4 members (excludes halogenated alkanes) is 4. The zero-order valence-electron chi connectivity index (χ0n) is 22.6. The van der Waals surface area contributed by atoms with Gasteiger partial charge in [-0.15, -0.1) is 0 Å². The molecule has 0 spiro atoms. The lowest BCUT2D eigenvalue weighted by atomic mass is 10.2. The topological polar surface area (TPSA) is 126 Å². The average Bonchev–Trinajstić information content (AvgIpc) is 2.88. The van der Waals surface area contributed by atoms with Crippen molar-refractivity contribution in [3.63, 3.8) is 0 Å². The van der Waals surface area contributed by atoms with Crippen molar-refractivity contribution in [3.8, 4) is 0 Å². The Kier molecular flexibility index (Phi) is 16.3. The zero-order valence-corrected chi connectivity index (χ0v) is 23.4. The molecule has 0 bridgehead atoms. The molecule has 1 atom stereocenters. The largest absolute Gasteiger partial charge is 0.469 e. The van der Waals surface area contributed by atoms with Gasteiger partial charge in [-0.1, -0.05) is 43.9 Å². The molecule has 1 unspecified atom stereocenters. The van der Waals surface area contributed by atoms with Gasteiger partial charge in [0.2, 0.25) is 10.0 Å². The second-order valence-corrected chi connectivity index (χ2v) is 10.5. The molecule has 11 heteroatoms. The molecule has 0 aromatic heterocycles. The number of esters is 2. The minimum atomic E-state index is -3.99. The van der Waals surface area contributed by atoms with Gasteiger partial charge in [0.05, 0.1) is 45.4 Å². The molecule has 1 N–H and O–H groups in total. The smallest absolute Gasteiger partial charge is 0.307 e. The van der Waals surface area contributed by atoms with Crippen LogP contribution >= 0.6 is 0 Å². The number of sulfonamides is 1. The number of carbonyl (C=O) groups is 2. The van der Waals surface area contributed by atoms with Crippen molar-refractivity contribution in [1.82, 2.24) is 4.72 Å². The van der Waals surface area contributed by atoms with Crippen molar-refractivity contribution in [2.75, 3.05) is 47.3 Å². The maximum absolute atomic E-state index is 13.3. The molecule has 0 radical (unpaired) electrons. The third kappa shape index (κ3) is 13.9. The van der Waals surface area contributed by atoms with E-state index in [0.717, 1.165) is 31.2 Å². The van der Waals surface area contributed by atoms with Gasteiger partial charge in [-0.3, -0.25) is 9.59 Å². The Labute approximate surface area is 221 Å². The highest BCUT2D eigenvalue weighted by Crippen LogP contribution is 2.19.